The predicted octanol–water partition coefficient (Wildman–Crippen LogP) is 5.73. The first-order valence-electron chi connectivity index (χ1n) is 8.70. The van der Waals surface area contributed by atoms with Gasteiger partial charge in [0, 0.05) is 5.56 Å². The van der Waals surface area contributed by atoms with Gasteiger partial charge in [0.05, 0.1) is 16.3 Å². The lowest BCUT2D eigenvalue weighted by atomic mass is 9.99. The first kappa shape index (κ1) is 17.4. The van der Waals surface area contributed by atoms with E-state index in [1.807, 2.05) is 36.4 Å². The number of fused-ring (bicyclic) bond motifs is 1. The second-order valence-corrected chi connectivity index (χ2v) is 6.92. The van der Waals surface area contributed by atoms with E-state index in [1.54, 1.807) is 12.1 Å². The SMILES string of the molecule is Cc1ccc(-c2ccc3c(c2)C=C(C(=O)Nc2ccccc2Cl)CO3)cc1. The van der Waals surface area contributed by atoms with Gasteiger partial charge in [-0.3, -0.25) is 4.79 Å². The summed E-state index contributed by atoms with van der Waals surface area (Å²) >= 11 is 6.12. The fourth-order valence-corrected chi connectivity index (χ4v) is 3.18. The number of carbonyl (C=O) groups excluding carboxylic acids is 1. The van der Waals surface area contributed by atoms with Crippen LogP contribution in [0, 0.1) is 6.92 Å². The molecule has 0 atom stereocenters. The number of amides is 1. The quantitative estimate of drug-likeness (QED) is 0.634. The molecule has 3 aromatic carbocycles. The number of ether oxygens (including phenoxy) is 1. The minimum Gasteiger partial charge on any atom is -0.488 e. The molecule has 0 aromatic heterocycles. The molecule has 0 saturated carbocycles. The van der Waals surface area contributed by atoms with Crippen molar-refractivity contribution in [1.29, 1.82) is 0 Å². The summed E-state index contributed by atoms with van der Waals surface area (Å²) in [5.41, 5.74) is 5.47. The molecule has 4 rings (SSSR count). The molecule has 0 radical (unpaired) electrons. The van der Waals surface area contributed by atoms with Crippen molar-refractivity contribution < 1.29 is 9.53 Å². The van der Waals surface area contributed by atoms with E-state index in [2.05, 4.69) is 36.5 Å². The lowest BCUT2D eigenvalue weighted by Gasteiger charge is -2.19. The first-order valence-corrected chi connectivity index (χ1v) is 9.08. The molecule has 4 heteroatoms. The van der Waals surface area contributed by atoms with Gasteiger partial charge in [0.15, 0.2) is 0 Å². The molecule has 134 valence electrons. The van der Waals surface area contributed by atoms with E-state index >= 15 is 0 Å². The Morgan fingerprint density at radius 3 is 2.52 bits per heavy atom. The van der Waals surface area contributed by atoms with E-state index in [0.717, 1.165) is 22.4 Å². The summed E-state index contributed by atoms with van der Waals surface area (Å²) in [6, 6.07) is 21.6. The molecular weight excluding hydrogens is 358 g/mol. The number of halogens is 1. The van der Waals surface area contributed by atoms with Crippen molar-refractivity contribution in [3.63, 3.8) is 0 Å². The highest BCUT2D eigenvalue weighted by molar-refractivity contribution is 6.34. The number of hydrogen-bond donors (Lipinski definition) is 1. The van der Waals surface area contributed by atoms with Crippen molar-refractivity contribution in [3.8, 4) is 16.9 Å². The summed E-state index contributed by atoms with van der Waals surface area (Å²) in [4.78, 5) is 12.6. The van der Waals surface area contributed by atoms with Crippen LogP contribution in [0.4, 0.5) is 5.69 Å². The van der Waals surface area contributed by atoms with Crippen LogP contribution in [0.25, 0.3) is 17.2 Å². The largest absolute Gasteiger partial charge is 0.488 e. The van der Waals surface area contributed by atoms with Gasteiger partial charge in [-0.15, -0.1) is 0 Å². The van der Waals surface area contributed by atoms with Crippen molar-refractivity contribution in [2.75, 3.05) is 11.9 Å². The fourth-order valence-electron chi connectivity index (χ4n) is 3.00. The van der Waals surface area contributed by atoms with Crippen LogP contribution in [0.15, 0.2) is 72.3 Å². The first-order chi connectivity index (χ1) is 13.1. The number of carbonyl (C=O) groups is 1. The summed E-state index contributed by atoms with van der Waals surface area (Å²) in [6.07, 6.45) is 1.88. The van der Waals surface area contributed by atoms with Crippen LogP contribution in [0.5, 0.6) is 5.75 Å². The number of rotatable bonds is 3. The Balaban J connectivity index is 1.61. The highest BCUT2D eigenvalue weighted by Crippen LogP contribution is 2.32. The number of para-hydroxylation sites is 1. The normalized spacial score (nSPS) is 12.6. The van der Waals surface area contributed by atoms with Crippen LogP contribution in [0.2, 0.25) is 5.02 Å². The summed E-state index contributed by atoms with van der Waals surface area (Å²) < 4.78 is 5.77. The summed E-state index contributed by atoms with van der Waals surface area (Å²) in [6.45, 7) is 2.30. The molecule has 0 saturated heterocycles. The van der Waals surface area contributed by atoms with Crippen LogP contribution in [0.1, 0.15) is 11.1 Å². The molecule has 0 aliphatic carbocycles. The number of nitrogens with one attached hydrogen (secondary N) is 1. The monoisotopic (exact) mass is 375 g/mol. The molecule has 0 spiro atoms. The molecule has 0 fully saturated rings. The average Bonchev–Trinajstić information content (AvgIpc) is 2.69. The molecule has 27 heavy (non-hydrogen) atoms. The van der Waals surface area contributed by atoms with E-state index in [9.17, 15) is 4.79 Å². The van der Waals surface area contributed by atoms with Gasteiger partial charge < -0.3 is 10.1 Å². The van der Waals surface area contributed by atoms with E-state index in [0.29, 0.717) is 16.3 Å². The zero-order valence-corrected chi connectivity index (χ0v) is 15.6. The lowest BCUT2D eigenvalue weighted by molar-refractivity contribution is -0.113. The van der Waals surface area contributed by atoms with Gasteiger partial charge >= 0.3 is 0 Å². The summed E-state index contributed by atoms with van der Waals surface area (Å²) in [5.74, 6) is 0.564. The molecule has 1 amide bonds. The standard InChI is InChI=1S/C23H18ClNO2/c1-15-6-8-16(9-7-15)17-10-11-22-18(12-17)13-19(14-27-22)23(26)25-21-5-3-2-4-20(21)24/h2-13H,14H2,1H3,(H,25,26). The third kappa shape index (κ3) is 3.74. The Hall–Kier alpha value is -3.04. The van der Waals surface area contributed by atoms with Gasteiger partial charge in [-0.05, 0) is 48.4 Å². The molecule has 3 nitrogen and oxygen atoms in total. The van der Waals surface area contributed by atoms with Crippen molar-refractivity contribution in [2.45, 2.75) is 6.92 Å². The maximum absolute atomic E-state index is 12.6. The van der Waals surface area contributed by atoms with Crippen molar-refractivity contribution >= 4 is 29.3 Å². The van der Waals surface area contributed by atoms with Crippen molar-refractivity contribution in [2.24, 2.45) is 0 Å². The Morgan fingerprint density at radius 1 is 1.00 bits per heavy atom. The van der Waals surface area contributed by atoms with E-state index in [1.165, 1.54) is 5.56 Å². The summed E-state index contributed by atoms with van der Waals surface area (Å²) in [5, 5.41) is 3.35. The van der Waals surface area contributed by atoms with Gasteiger partial charge in [-0.2, -0.15) is 0 Å². The van der Waals surface area contributed by atoms with Gasteiger partial charge in [0.2, 0.25) is 0 Å². The van der Waals surface area contributed by atoms with Crippen LogP contribution < -0.4 is 10.1 Å². The molecule has 0 bridgehead atoms. The minimum atomic E-state index is -0.213. The predicted molar refractivity (Wildman–Crippen MR) is 110 cm³/mol. The van der Waals surface area contributed by atoms with E-state index < -0.39 is 0 Å². The van der Waals surface area contributed by atoms with Gasteiger partial charge in [-0.25, -0.2) is 0 Å². The van der Waals surface area contributed by atoms with Gasteiger partial charge in [0.1, 0.15) is 12.4 Å². The Bertz CT molecular complexity index is 1040. The Kier molecular flexibility index (Phi) is 4.69. The lowest BCUT2D eigenvalue weighted by Crippen LogP contribution is -2.21. The van der Waals surface area contributed by atoms with E-state index in [-0.39, 0.29) is 12.5 Å². The second kappa shape index (κ2) is 7.29. The second-order valence-electron chi connectivity index (χ2n) is 6.51. The van der Waals surface area contributed by atoms with Crippen molar-refractivity contribution in [3.05, 3.63) is 88.5 Å². The van der Waals surface area contributed by atoms with Crippen molar-refractivity contribution in [1.82, 2.24) is 0 Å². The molecule has 1 heterocycles. The molecule has 3 aromatic rings. The van der Waals surface area contributed by atoms with Gasteiger partial charge in [-0.1, -0.05) is 59.6 Å². The highest BCUT2D eigenvalue weighted by Gasteiger charge is 2.18. The Morgan fingerprint density at radius 2 is 1.74 bits per heavy atom. The van der Waals surface area contributed by atoms with E-state index in [4.69, 9.17) is 16.3 Å². The third-order valence-electron chi connectivity index (χ3n) is 4.52. The fraction of sp³-hybridized carbons (Fsp3) is 0.0870. The number of aryl methyl sites for hydroxylation is 1. The molecule has 1 aliphatic heterocycles. The maximum Gasteiger partial charge on any atom is 0.255 e. The van der Waals surface area contributed by atoms with Crippen LogP contribution in [-0.2, 0) is 4.79 Å². The number of anilines is 1. The maximum atomic E-state index is 12.6. The van der Waals surface area contributed by atoms with Gasteiger partial charge in [0.25, 0.3) is 5.91 Å². The Labute approximate surface area is 163 Å². The summed E-state index contributed by atoms with van der Waals surface area (Å²) in [7, 11) is 0. The van der Waals surface area contributed by atoms with Crippen LogP contribution in [-0.4, -0.2) is 12.5 Å². The molecular formula is C23H18ClNO2. The smallest absolute Gasteiger partial charge is 0.255 e. The molecule has 1 aliphatic rings. The topological polar surface area (TPSA) is 38.3 Å². The number of benzene rings is 3. The zero-order chi connectivity index (χ0) is 18.8. The molecule has 1 N–H and O–H groups in total. The highest BCUT2D eigenvalue weighted by atomic mass is 35.5. The average molecular weight is 376 g/mol. The molecule has 0 unspecified atom stereocenters. The zero-order valence-electron chi connectivity index (χ0n) is 14.8. The number of hydrogen-bond acceptors (Lipinski definition) is 2. The van der Waals surface area contributed by atoms with Crippen LogP contribution >= 0.6 is 11.6 Å². The third-order valence-corrected chi connectivity index (χ3v) is 4.85. The van der Waals surface area contributed by atoms with Crippen LogP contribution in [0.3, 0.4) is 0 Å². The minimum absolute atomic E-state index is 0.213.